The van der Waals surface area contributed by atoms with Crippen LogP contribution in [0, 0.1) is 18.3 Å². The molecular formula is C15H20N2O. The summed E-state index contributed by atoms with van der Waals surface area (Å²) in [4.78, 5) is 0. The lowest BCUT2D eigenvalue weighted by Crippen LogP contribution is -2.40. The first kappa shape index (κ1) is 12.9. The van der Waals surface area contributed by atoms with E-state index in [4.69, 9.17) is 4.74 Å². The first-order chi connectivity index (χ1) is 8.52. The van der Waals surface area contributed by atoms with E-state index in [-0.39, 0.29) is 5.60 Å². The fourth-order valence-corrected chi connectivity index (χ4v) is 2.51. The first-order valence-corrected chi connectivity index (χ1v) is 6.42. The Morgan fingerprint density at radius 1 is 1.44 bits per heavy atom. The zero-order valence-corrected chi connectivity index (χ0v) is 11.3. The largest absolute Gasteiger partial charge is 0.381 e. The van der Waals surface area contributed by atoms with Crippen molar-refractivity contribution in [3.8, 4) is 6.07 Å². The van der Waals surface area contributed by atoms with Crippen LogP contribution in [0.5, 0.6) is 0 Å². The molecule has 1 aliphatic heterocycles. The second-order valence-corrected chi connectivity index (χ2v) is 5.55. The van der Waals surface area contributed by atoms with Crippen LogP contribution in [0.15, 0.2) is 18.2 Å². The van der Waals surface area contributed by atoms with Crippen molar-refractivity contribution in [3.05, 3.63) is 29.3 Å². The summed E-state index contributed by atoms with van der Waals surface area (Å²) in [6.45, 7) is 6.97. The van der Waals surface area contributed by atoms with Crippen molar-refractivity contribution in [2.24, 2.45) is 0 Å². The third-order valence-electron chi connectivity index (χ3n) is 3.44. The molecule has 1 N–H and O–H groups in total. The Hall–Kier alpha value is -1.53. The number of nitriles is 1. The number of nitrogens with one attached hydrogen (secondary N) is 1. The minimum Gasteiger partial charge on any atom is -0.381 e. The van der Waals surface area contributed by atoms with Gasteiger partial charge < -0.3 is 10.1 Å². The lowest BCUT2D eigenvalue weighted by molar-refractivity contribution is -0.0553. The van der Waals surface area contributed by atoms with Gasteiger partial charge in [0.15, 0.2) is 0 Å². The second kappa shape index (κ2) is 4.99. The summed E-state index contributed by atoms with van der Waals surface area (Å²) < 4.78 is 5.71. The Kier molecular flexibility index (Phi) is 3.58. The van der Waals surface area contributed by atoms with Crippen molar-refractivity contribution in [3.63, 3.8) is 0 Å². The molecule has 1 aromatic carbocycles. The van der Waals surface area contributed by atoms with Crippen LogP contribution in [-0.4, -0.2) is 18.2 Å². The summed E-state index contributed by atoms with van der Waals surface area (Å²) in [6, 6.07) is 8.60. The molecule has 0 spiro atoms. The molecule has 96 valence electrons. The lowest BCUT2D eigenvalue weighted by Gasteiger charge is -2.36. The maximum absolute atomic E-state index is 9.22. The molecule has 0 bridgehead atoms. The van der Waals surface area contributed by atoms with Gasteiger partial charge in [0.1, 0.15) is 6.07 Å². The maximum Gasteiger partial charge on any atom is 0.102 e. The van der Waals surface area contributed by atoms with Crippen LogP contribution in [0.1, 0.15) is 37.8 Å². The fourth-order valence-electron chi connectivity index (χ4n) is 2.51. The molecule has 0 saturated carbocycles. The van der Waals surface area contributed by atoms with E-state index in [1.54, 1.807) is 0 Å². The topological polar surface area (TPSA) is 45.0 Å². The van der Waals surface area contributed by atoms with Crippen LogP contribution in [-0.2, 0) is 4.74 Å². The van der Waals surface area contributed by atoms with E-state index in [9.17, 15) is 5.26 Å². The Morgan fingerprint density at radius 3 is 2.89 bits per heavy atom. The highest BCUT2D eigenvalue weighted by molar-refractivity contribution is 5.61. The van der Waals surface area contributed by atoms with E-state index in [2.05, 4.69) is 25.2 Å². The standard InChI is InChI=1S/C15H20N2O/c1-11-5-4-6-14(13(11)10-16)17-12-7-8-18-15(2,3)9-12/h4-6,12,17H,7-9H2,1-3H3. The Bertz CT molecular complexity index is 474. The molecular weight excluding hydrogens is 224 g/mol. The second-order valence-electron chi connectivity index (χ2n) is 5.55. The van der Waals surface area contributed by atoms with E-state index in [0.717, 1.165) is 36.3 Å². The molecule has 18 heavy (non-hydrogen) atoms. The predicted octanol–water partition coefficient (Wildman–Crippen LogP) is 3.24. The van der Waals surface area contributed by atoms with Gasteiger partial charge in [-0.05, 0) is 45.2 Å². The molecule has 1 aliphatic rings. The molecule has 3 nitrogen and oxygen atoms in total. The van der Waals surface area contributed by atoms with Gasteiger partial charge in [0.25, 0.3) is 0 Å². The van der Waals surface area contributed by atoms with Gasteiger partial charge in [-0.15, -0.1) is 0 Å². The molecule has 1 saturated heterocycles. The van der Waals surface area contributed by atoms with Crippen molar-refractivity contribution in [2.75, 3.05) is 11.9 Å². The Labute approximate surface area is 109 Å². The molecule has 0 amide bonds. The molecule has 1 aromatic rings. The zero-order chi connectivity index (χ0) is 13.2. The fraction of sp³-hybridized carbons (Fsp3) is 0.533. The minimum atomic E-state index is -0.0768. The van der Waals surface area contributed by atoms with Crippen LogP contribution in [0.4, 0.5) is 5.69 Å². The SMILES string of the molecule is Cc1cccc(NC2CCOC(C)(C)C2)c1C#N. The van der Waals surface area contributed by atoms with Crippen molar-refractivity contribution in [1.82, 2.24) is 0 Å². The van der Waals surface area contributed by atoms with Crippen LogP contribution in [0.25, 0.3) is 0 Å². The highest BCUT2D eigenvalue weighted by Crippen LogP contribution is 2.28. The van der Waals surface area contributed by atoms with Gasteiger partial charge in [0.05, 0.1) is 16.9 Å². The molecule has 0 aromatic heterocycles. The van der Waals surface area contributed by atoms with Crippen molar-refractivity contribution >= 4 is 5.69 Å². The number of hydrogen-bond donors (Lipinski definition) is 1. The third-order valence-corrected chi connectivity index (χ3v) is 3.44. The smallest absolute Gasteiger partial charge is 0.102 e. The van der Waals surface area contributed by atoms with E-state index in [0.29, 0.717) is 6.04 Å². The van der Waals surface area contributed by atoms with Crippen molar-refractivity contribution < 1.29 is 4.74 Å². The van der Waals surface area contributed by atoms with Gasteiger partial charge in [-0.1, -0.05) is 12.1 Å². The van der Waals surface area contributed by atoms with Gasteiger partial charge in [-0.2, -0.15) is 5.26 Å². The lowest BCUT2D eigenvalue weighted by atomic mass is 9.93. The minimum absolute atomic E-state index is 0.0768. The maximum atomic E-state index is 9.22. The van der Waals surface area contributed by atoms with E-state index in [1.807, 2.05) is 25.1 Å². The number of aryl methyl sites for hydroxylation is 1. The summed E-state index contributed by atoms with van der Waals surface area (Å²) in [5.74, 6) is 0. The van der Waals surface area contributed by atoms with Crippen LogP contribution in [0.2, 0.25) is 0 Å². The molecule has 0 aliphatic carbocycles. The van der Waals surface area contributed by atoms with Gasteiger partial charge >= 0.3 is 0 Å². The van der Waals surface area contributed by atoms with Crippen LogP contribution >= 0.6 is 0 Å². The monoisotopic (exact) mass is 244 g/mol. The molecule has 1 heterocycles. The number of benzene rings is 1. The first-order valence-electron chi connectivity index (χ1n) is 6.42. The zero-order valence-electron chi connectivity index (χ0n) is 11.3. The average Bonchev–Trinajstić information content (AvgIpc) is 2.28. The number of ether oxygens (including phenoxy) is 1. The van der Waals surface area contributed by atoms with E-state index >= 15 is 0 Å². The third kappa shape index (κ3) is 2.83. The molecule has 1 fully saturated rings. The molecule has 2 rings (SSSR count). The number of anilines is 1. The Morgan fingerprint density at radius 2 is 2.22 bits per heavy atom. The number of hydrogen-bond acceptors (Lipinski definition) is 3. The summed E-state index contributed by atoms with van der Waals surface area (Å²) in [5, 5.41) is 12.7. The van der Waals surface area contributed by atoms with Crippen LogP contribution in [0.3, 0.4) is 0 Å². The van der Waals surface area contributed by atoms with Crippen molar-refractivity contribution in [1.29, 1.82) is 5.26 Å². The quantitative estimate of drug-likeness (QED) is 0.868. The van der Waals surface area contributed by atoms with Gasteiger partial charge in [-0.25, -0.2) is 0 Å². The van der Waals surface area contributed by atoms with E-state index < -0.39 is 0 Å². The van der Waals surface area contributed by atoms with E-state index in [1.165, 1.54) is 0 Å². The summed E-state index contributed by atoms with van der Waals surface area (Å²) >= 11 is 0. The molecule has 1 unspecified atom stereocenters. The summed E-state index contributed by atoms with van der Waals surface area (Å²) in [6.07, 6.45) is 1.95. The van der Waals surface area contributed by atoms with Gasteiger partial charge in [0.2, 0.25) is 0 Å². The highest BCUT2D eigenvalue weighted by atomic mass is 16.5. The molecule has 3 heteroatoms. The average molecular weight is 244 g/mol. The van der Waals surface area contributed by atoms with Gasteiger partial charge in [0, 0.05) is 12.6 Å². The molecule has 0 radical (unpaired) electrons. The Balaban J connectivity index is 2.15. The summed E-state index contributed by atoms with van der Waals surface area (Å²) in [5.41, 5.74) is 2.64. The number of nitrogens with zero attached hydrogens (tertiary/aromatic N) is 1. The molecule has 1 atom stereocenters. The van der Waals surface area contributed by atoms with Gasteiger partial charge in [-0.3, -0.25) is 0 Å². The number of rotatable bonds is 2. The summed E-state index contributed by atoms with van der Waals surface area (Å²) in [7, 11) is 0. The van der Waals surface area contributed by atoms with Crippen molar-refractivity contribution in [2.45, 2.75) is 45.3 Å². The normalized spacial score (nSPS) is 22.2. The highest BCUT2D eigenvalue weighted by Gasteiger charge is 2.29. The van der Waals surface area contributed by atoms with Crippen LogP contribution < -0.4 is 5.32 Å². The predicted molar refractivity (Wildman–Crippen MR) is 72.6 cm³/mol.